The molecular formula is C19H21ClN2O4S. The number of amides is 1. The monoisotopic (exact) mass is 408 g/mol. The summed E-state index contributed by atoms with van der Waals surface area (Å²) in [6, 6.07) is 8.93. The number of hydrogen-bond acceptors (Lipinski definition) is 4. The minimum absolute atomic E-state index is 0.0000111. The number of carbonyl (C=O) groups is 1. The molecule has 4 rings (SSSR count). The van der Waals surface area contributed by atoms with Gasteiger partial charge in [-0.3, -0.25) is 4.79 Å². The van der Waals surface area contributed by atoms with Crippen LogP contribution >= 0.6 is 11.6 Å². The number of rotatable bonds is 5. The summed E-state index contributed by atoms with van der Waals surface area (Å²) in [5.41, 5.74) is 1.08. The molecule has 1 N–H and O–H groups in total. The van der Waals surface area contributed by atoms with Crippen LogP contribution in [0.4, 0.5) is 0 Å². The molecule has 1 aliphatic carbocycles. The van der Waals surface area contributed by atoms with Crippen LogP contribution in [0.5, 0.6) is 0 Å². The first-order valence-electron chi connectivity index (χ1n) is 9.03. The molecule has 144 valence electrons. The third-order valence-electron chi connectivity index (χ3n) is 5.16. The van der Waals surface area contributed by atoms with Crippen molar-refractivity contribution in [2.45, 2.75) is 43.0 Å². The average molecular weight is 409 g/mol. The maximum Gasteiger partial charge on any atom is 0.287 e. The Balaban J connectivity index is 1.46. The SMILES string of the molecule is Cc1oc(C(=O)N[C@H]2C[C@H]2c2cccc(Cl)c2)cc1S(=O)(=O)N1CCCC1. The Hall–Kier alpha value is -1.83. The topological polar surface area (TPSA) is 79.6 Å². The molecule has 1 aliphatic heterocycles. The molecule has 8 heteroatoms. The van der Waals surface area contributed by atoms with Crippen molar-refractivity contribution in [3.05, 3.63) is 52.4 Å². The van der Waals surface area contributed by atoms with Gasteiger partial charge in [-0.05, 0) is 43.9 Å². The van der Waals surface area contributed by atoms with Crippen LogP contribution in [0.25, 0.3) is 0 Å². The molecular weight excluding hydrogens is 388 g/mol. The number of halogens is 1. The Kier molecular flexibility index (Phi) is 4.78. The van der Waals surface area contributed by atoms with Crippen molar-refractivity contribution >= 4 is 27.5 Å². The molecule has 0 unspecified atom stereocenters. The van der Waals surface area contributed by atoms with Gasteiger partial charge in [0.25, 0.3) is 5.91 Å². The number of sulfonamides is 1. The predicted molar refractivity (Wildman–Crippen MR) is 102 cm³/mol. The van der Waals surface area contributed by atoms with Crippen LogP contribution in [0.3, 0.4) is 0 Å². The van der Waals surface area contributed by atoms with Crippen molar-refractivity contribution in [3.8, 4) is 0 Å². The Bertz CT molecular complexity index is 979. The summed E-state index contributed by atoms with van der Waals surface area (Å²) in [7, 11) is -3.61. The van der Waals surface area contributed by atoms with E-state index in [1.54, 1.807) is 6.92 Å². The van der Waals surface area contributed by atoms with Crippen molar-refractivity contribution in [2.24, 2.45) is 0 Å². The molecule has 6 nitrogen and oxygen atoms in total. The number of nitrogens with one attached hydrogen (secondary N) is 1. The highest BCUT2D eigenvalue weighted by Gasteiger charge is 2.40. The second kappa shape index (κ2) is 6.96. The lowest BCUT2D eigenvalue weighted by Crippen LogP contribution is -2.28. The van der Waals surface area contributed by atoms with Crippen LogP contribution < -0.4 is 5.32 Å². The Morgan fingerprint density at radius 1 is 1.26 bits per heavy atom. The Labute approximate surface area is 163 Å². The number of furan rings is 1. The maximum absolute atomic E-state index is 12.7. The van der Waals surface area contributed by atoms with Crippen LogP contribution in [-0.2, 0) is 10.0 Å². The van der Waals surface area contributed by atoms with Crippen molar-refractivity contribution in [2.75, 3.05) is 13.1 Å². The number of aryl methyl sites for hydroxylation is 1. The lowest BCUT2D eigenvalue weighted by molar-refractivity contribution is 0.0921. The van der Waals surface area contributed by atoms with Gasteiger partial charge in [-0.15, -0.1) is 0 Å². The summed E-state index contributed by atoms with van der Waals surface area (Å²) >= 11 is 6.02. The van der Waals surface area contributed by atoms with E-state index in [0.29, 0.717) is 18.1 Å². The first-order chi connectivity index (χ1) is 12.9. The molecule has 2 aliphatic rings. The molecule has 2 atom stereocenters. The molecule has 1 aromatic carbocycles. The Morgan fingerprint density at radius 2 is 2.00 bits per heavy atom. The van der Waals surface area contributed by atoms with Gasteiger partial charge < -0.3 is 9.73 Å². The molecule has 1 saturated heterocycles. The van der Waals surface area contributed by atoms with Gasteiger partial charge in [0.05, 0.1) is 0 Å². The zero-order valence-corrected chi connectivity index (χ0v) is 16.5. The first kappa shape index (κ1) is 18.5. The number of carbonyl (C=O) groups excluding carboxylic acids is 1. The van der Waals surface area contributed by atoms with E-state index in [1.807, 2.05) is 24.3 Å². The van der Waals surface area contributed by atoms with Gasteiger partial charge in [-0.1, -0.05) is 23.7 Å². The van der Waals surface area contributed by atoms with Gasteiger partial charge in [0.1, 0.15) is 10.7 Å². The van der Waals surface area contributed by atoms with E-state index in [9.17, 15) is 13.2 Å². The molecule has 0 spiro atoms. The van der Waals surface area contributed by atoms with E-state index < -0.39 is 15.9 Å². The van der Waals surface area contributed by atoms with Gasteiger partial charge >= 0.3 is 0 Å². The minimum Gasteiger partial charge on any atom is -0.455 e. The lowest BCUT2D eigenvalue weighted by Gasteiger charge is -2.14. The molecule has 1 amide bonds. The molecule has 27 heavy (non-hydrogen) atoms. The van der Waals surface area contributed by atoms with Crippen molar-refractivity contribution in [1.82, 2.24) is 9.62 Å². The molecule has 2 heterocycles. The summed E-state index contributed by atoms with van der Waals surface area (Å²) in [6.07, 6.45) is 2.54. The molecule has 0 bridgehead atoms. The summed E-state index contributed by atoms with van der Waals surface area (Å²) < 4.78 is 32.4. The van der Waals surface area contributed by atoms with Crippen molar-refractivity contribution in [3.63, 3.8) is 0 Å². The molecule has 1 saturated carbocycles. The predicted octanol–water partition coefficient (Wildman–Crippen LogP) is 3.31. The first-order valence-corrected chi connectivity index (χ1v) is 10.8. The largest absolute Gasteiger partial charge is 0.455 e. The summed E-state index contributed by atoms with van der Waals surface area (Å²) in [6.45, 7) is 2.60. The zero-order chi connectivity index (χ0) is 19.2. The zero-order valence-electron chi connectivity index (χ0n) is 14.9. The highest BCUT2D eigenvalue weighted by molar-refractivity contribution is 7.89. The second-order valence-electron chi connectivity index (χ2n) is 7.12. The number of nitrogens with zero attached hydrogens (tertiary/aromatic N) is 1. The average Bonchev–Trinajstić information content (AvgIpc) is 3.02. The number of benzene rings is 1. The van der Waals surface area contributed by atoms with Gasteiger partial charge in [0.15, 0.2) is 5.76 Å². The van der Waals surface area contributed by atoms with Crippen LogP contribution in [0.2, 0.25) is 5.02 Å². The highest BCUT2D eigenvalue weighted by atomic mass is 35.5. The van der Waals surface area contributed by atoms with Crippen LogP contribution in [0.15, 0.2) is 39.6 Å². The summed E-state index contributed by atoms with van der Waals surface area (Å²) in [4.78, 5) is 12.6. The van der Waals surface area contributed by atoms with Crippen molar-refractivity contribution in [1.29, 1.82) is 0 Å². The molecule has 1 aromatic heterocycles. The van der Waals surface area contributed by atoms with E-state index in [0.717, 1.165) is 24.8 Å². The summed E-state index contributed by atoms with van der Waals surface area (Å²) in [5.74, 6) is 0.100. The molecule has 0 radical (unpaired) electrons. The van der Waals surface area contributed by atoms with E-state index in [-0.39, 0.29) is 28.4 Å². The van der Waals surface area contributed by atoms with E-state index in [2.05, 4.69) is 5.32 Å². The standard InChI is InChI=1S/C19H21ClN2O4S/c1-12-18(27(24,25)22-7-2-3-8-22)11-17(26-12)19(23)21-16-10-15(16)13-5-4-6-14(20)9-13/h4-6,9,11,15-16H,2-3,7-8,10H2,1H3,(H,21,23)/t15-,16-/m0/s1. The summed E-state index contributed by atoms with van der Waals surface area (Å²) in [5, 5.41) is 3.58. The highest BCUT2D eigenvalue weighted by Crippen LogP contribution is 2.41. The van der Waals surface area contributed by atoms with Gasteiger partial charge in [0, 0.05) is 36.1 Å². The van der Waals surface area contributed by atoms with Gasteiger partial charge in [0.2, 0.25) is 10.0 Å². The third kappa shape index (κ3) is 3.63. The van der Waals surface area contributed by atoms with E-state index in [4.69, 9.17) is 16.0 Å². The quantitative estimate of drug-likeness (QED) is 0.823. The van der Waals surface area contributed by atoms with E-state index >= 15 is 0 Å². The Morgan fingerprint density at radius 3 is 2.70 bits per heavy atom. The fourth-order valence-electron chi connectivity index (χ4n) is 3.60. The van der Waals surface area contributed by atoms with Gasteiger partial charge in [-0.25, -0.2) is 8.42 Å². The van der Waals surface area contributed by atoms with Crippen LogP contribution in [0.1, 0.15) is 47.1 Å². The second-order valence-corrected chi connectivity index (χ2v) is 9.46. The van der Waals surface area contributed by atoms with Crippen LogP contribution in [0, 0.1) is 6.92 Å². The smallest absolute Gasteiger partial charge is 0.287 e. The van der Waals surface area contributed by atoms with Gasteiger partial charge in [-0.2, -0.15) is 4.31 Å². The fraction of sp³-hybridized carbons (Fsp3) is 0.421. The lowest BCUT2D eigenvalue weighted by atomic mass is 10.1. The molecule has 2 fully saturated rings. The maximum atomic E-state index is 12.7. The van der Waals surface area contributed by atoms with Crippen molar-refractivity contribution < 1.29 is 17.6 Å². The van der Waals surface area contributed by atoms with E-state index in [1.165, 1.54) is 10.4 Å². The fourth-order valence-corrected chi connectivity index (χ4v) is 5.48. The molecule has 2 aromatic rings. The normalized spacial score (nSPS) is 22.7. The third-order valence-corrected chi connectivity index (χ3v) is 7.40. The minimum atomic E-state index is -3.61. The number of hydrogen-bond donors (Lipinski definition) is 1. The van der Waals surface area contributed by atoms with Crippen LogP contribution in [-0.4, -0.2) is 37.8 Å².